The minimum absolute atomic E-state index is 0.201. The Bertz CT molecular complexity index is 243. The van der Waals surface area contributed by atoms with E-state index in [2.05, 4.69) is 17.1 Å². The summed E-state index contributed by atoms with van der Waals surface area (Å²) < 4.78 is 0. The normalized spacial score (nSPS) is 20.9. The number of hydrogen-bond acceptors (Lipinski definition) is 3. The molecule has 106 valence electrons. The highest BCUT2D eigenvalue weighted by Gasteiger charge is 2.16. The highest BCUT2D eigenvalue weighted by molar-refractivity contribution is 5.75. The first-order chi connectivity index (χ1) is 8.61. The number of nitrogens with zero attached hydrogens (tertiary/aromatic N) is 2. The fourth-order valence-corrected chi connectivity index (χ4v) is 2.44. The molecule has 0 aromatic carbocycles. The molecule has 4 nitrogen and oxygen atoms in total. The maximum atomic E-state index is 11.3. The summed E-state index contributed by atoms with van der Waals surface area (Å²) in [5.41, 5.74) is 0. The molecule has 1 unspecified atom stereocenters. The highest BCUT2D eigenvalue weighted by atomic mass is 16.2. The molecule has 4 heteroatoms. The molecular formula is C14H29N3O. The number of hydrogen-bond donors (Lipinski definition) is 1. The fraction of sp³-hybridized carbons (Fsp3) is 0.929. The van der Waals surface area contributed by atoms with Gasteiger partial charge in [-0.3, -0.25) is 4.79 Å². The Morgan fingerprint density at radius 2 is 2.11 bits per heavy atom. The second-order valence-electron chi connectivity index (χ2n) is 5.52. The molecular weight excluding hydrogens is 226 g/mol. The van der Waals surface area contributed by atoms with Crippen molar-refractivity contribution in [3.05, 3.63) is 0 Å². The van der Waals surface area contributed by atoms with E-state index in [1.54, 1.807) is 19.0 Å². The average Bonchev–Trinajstić information content (AvgIpc) is 2.35. The van der Waals surface area contributed by atoms with Gasteiger partial charge < -0.3 is 15.1 Å². The maximum absolute atomic E-state index is 11.3. The van der Waals surface area contributed by atoms with Crippen molar-refractivity contribution in [1.29, 1.82) is 0 Å². The standard InChI is InChI=1S/C14H29N3O/c1-13-7-4-5-11-17(13)12-6-9-15-10-8-14(18)16(2)3/h13,15H,4-12H2,1-3H3. The molecule has 1 atom stereocenters. The molecule has 1 saturated heterocycles. The van der Waals surface area contributed by atoms with Crippen molar-refractivity contribution in [1.82, 2.24) is 15.1 Å². The predicted molar refractivity (Wildman–Crippen MR) is 75.7 cm³/mol. The molecule has 0 aromatic rings. The Kier molecular flexibility index (Phi) is 7.28. The first-order valence-electron chi connectivity index (χ1n) is 7.26. The van der Waals surface area contributed by atoms with Gasteiger partial charge in [-0.05, 0) is 45.8 Å². The maximum Gasteiger partial charge on any atom is 0.223 e. The summed E-state index contributed by atoms with van der Waals surface area (Å²) in [6.45, 7) is 6.61. The van der Waals surface area contributed by atoms with Crippen LogP contribution in [-0.4, -0.2) is 62.0 Å². The number of carbonyl (C=O) groups is 1. The van der Waals surface area contributed by atoms with Gasteiger partial charge in [0.15, 0.2) is 0 Å². The van der Waals surface area contributed by atoms with Crippen molar-refractivity contribution in [2.45, 2.75) is 45.1 Å². The van der Waals surface area contributed by atoms with E-state index in [4.69, 9.17) is 0 Å². The van der Waals surface area contributed by atoms with E-state index in [9.17, 15) is 4.79 Å². The van der Waals surface area contributed by atoms with E-state index in [1.807, 2.05) is 0 Å². The molecule has 1 N–H and O–H groups in total. The molecule has 18 heavy (non-hydrogen) atoms. The molecule has 0 radical (unpaired) electrons. The third-order valence-electron chi connectivity index (χ3n) is 3.75. The third-order valence-corrected chi connectivity index (χ3v) is 3.75. The first kappa shape index (κ1) is 15.4. The lowest BCUT2D eigenvalue weighted by Gasteiger charge is -2.33. The van der Waals surface area contributed by atoms with Crippen LogP contribution in [0.25, 0.3) is 0 Å². The number of likely N-dealkylation sites (tertiary alicyclic amines) is 1. The predicted octanol–water partition coefficient (Wildman–Crippen LogP) is 1.32. The van der Waals surface area contributed by atoms with Gasteiger partial charge in [-0.2, -0.15) is 0 Å². The molecule has 0 aliphatic carbocycles. The van der Waals surface area contributed by atoms with Crippen molar-refractivity contribution in [2.24, 2.45) is 0 Å². The highest BCUT2D eigenvalue weighted by Crippen LogP contribution is 2.15. The molecule has 1 aliphatic heterocycles. The number of rotatable bonds is 7. The molecule has 0 aromatic heterocycles. The number of piperidine rings is 1. The summed E-state index contributed by atoms with van der Waals surface area (Å²) in [6.07, 6.45) is 5.88. The van der Waals surface area contributed by atoms with Crippen molar-refractivity contribution >= 4 is 5.91 Å². The largest absolute Gasteiger partial charge is 0.349 e. The summed E-state index contributed by atoms with van der Waals surface area (Å²) in [5, 5.41) is 3.35. The topological polar surface area (TPSA) is 35.6 Å². The molecule has 0 saturated carbocycles. The van der Waals surface area contributed by atoms with E-state index < -0.39 is 0 Å². The summed E-state index contributed by atoms with van der Waals surface area (Å²) in [7, 11) is 3.61. The summed E-state index contributed by atoms with van der Waals surface area (Å²) >= 11 is 0. The molecule has 0 spiro atoms. The first-order valence-corrected chi connectivity index (χ1v) is 7.26. The van der Waals surface area contributed by atoms with Gasteiger partial charge >= 0.3 is 0 Å². The zero-order valence-electron chi connectivity index (χ0n) is 12.2. The Hall–Kier alpha value is -0.610. The number of nitrogens with one attached hydrogen (secondary N) is 1. The van der Waals surface area contributed by atoms with Gasteiger partial charge in [0.1, 0.15) is 0 Å². The Labute approximate surface area is 112 Å². The van der Waals surface area contributed by atoms with Gasteiger partial charge in [-0.15, -0.1) is 0 Å². The van der Waals surface area contributed by atoms with Gasteiger partial charge in [0, 0.05) is 33.1 Å². The van der Waals surface area contributed by atoms with Gasteiger partial charge in [0.25, 0.3) is 0 Å². The van der Waals surface area contributed by atoms with Gasteiger partial charge in [0.05, 0.1) is 0 Å². The number of amides is 1. The number of carbonyl (C=O) groups excluding carboxylic acids is 1. The van der Waals surface area contributed by atoms with Crippen molar-refractivity contribution < 1.29 is 4.79 Å². The van der Waals surface area contributed by atoms with Crippen molar-refractivity contribution in [3.8, 4) is 0 Å². The molecule has 1 amide bonds. The van der Waals surface area contributed by atoms with Crippen LogP contribution in [0.1, 0.15) is 39.0 Å². The van der Waals surface area contributed by atoms with E-state index in [1.165, 1.54) is 38.8 Å². The lowest BCUT2D eigenvalue weighted by molar-refractivity contribution is -0.128. The molecule has 1 rings (SSSR count). The lowest BCUT2D eigenvalue weighted by Crippen LogP contribution is -2.39. The van der Waals surface area contributed by atoms with Gasteiger partial charge in [-0.25, -0.2) is 0 Å². The lowest BCUT2D eigenvalue weighted by atomic mass is 10.0. The average molecular weight is 255 g/mol. The summed E-state index contributed by atoms with van der Waals surface area (Å²) in [4.78, 5) is 15.6. The molecule has 0 bridgehead atoms. The van der Waals surface area contributed by atoms with Crippen molar-refractivity contribution in [2.75, 3.05) is 40.3 Å². The smallest absolute Gasteiger partial charge is 0.223 e. The zero-order valence-corrected chi connectivity index (χ0v) is 12.2. The van der Waals surface area contributed by atoms with Crippen LogP contribution in [0.3, 0.4) is 0 Å². The van der Waals surface area contributed by atoms with Crippen LogP contribution in [0.15, 0.2) is 0 Å². The minimum atomic E-state index is 0.201. The van der Waals surface area contributed by atoms with Gasteiger partial charge in [0.2, 0.25) is 5.91 Å². The minimum Gasteiger partial charge on any atom is -0.349 e. The van der Waals surface area contributed by atoms with Crippen LogP contribution in [0.2, 0.25) is 0 Å². The van der Waals surface area contributed by atoms with E-state index in [0.29, 0.717) is 6.42 Å². The van der Waals surface area contributed by atoms with Crippen LogP contribution in [0.5, 0.6) is 0 Å². The Morgan fingerprint density at radius 1 is 1.33 bits per heavy atom. The molecule has 1 heterocycles. The second-order valence-corrected chi connectivity index (χ2v) is 5.52. The van der Waals surface area contributed by atoms with Crippen molar-refractivity contribution in [3.63, 3.8) is 0 Å². The molecule has 1 aliphatic rings. The second kappa shape index (κ2) is 8.48. The summed E-state index contributed by atoms with van der Waals surface area (Å²) in [6, 6.07) is 0.758. The van der Waals surface area contributed by atoms with E-state index >= 15 is 0 Å². The van der Waals surface area contributed by atoms with E-state index in [0.717, 1.165) is 19.1 Å². The quantitative estimate of drug-likeness (QED) is 0.697. The van der Waals surface area contributed by atoms with Crippen LogP contribution in [-0.2, 0) is 4.79 Å². The van der Waals surface area contributed by atoms with E-state index in [-0.39, 0.29) is 5.91 Å². The van der Waals surface area contributed by atoms with Crippen LogP contribution >= 0.6 is 0 Å². The van der Waals surface area contributed by atoms with Crippen LogP contribution in [0, 0.1) is 0 Å². The van der Waals surface area contributed by atoms with Crippen LogP contribution in [0.4, 0.5) is 0 Å². The molecule has 1 fully saturated rings. The van der Waals surface area contributed by atoms with Crippen LogP contribution < -0.4 is 5.32 Å². The van der Waals surface area contributed by atoms with Gasteiger partial charge in [-0.1, -0.05) is 6.42 Å². The monoisotopic (exact) mass is 255 g/mol. The summed E-state index contributed by atoms with van der Waals surface area (Å²) in [5.74, 6) is 0.201. The zero-order chi connectivity index (χ0) is 13.4. The Balaban J connectivity index is 1.96. The SMILES string of the molecule is CC1CCCCN1CCCNCCC(=O)N(C)C. The fourth-order valence-electron chi connectivity index (χ4n) is 2.44. The third kappa shape index (κ3) is 5.83. The Morgan fingerprint density at radius 3 is 2.78 bits per heavy atom.